The number of carbonyl (C=O) groups is 1. The molecule has 0 aliphatic heterocycles. The van der Waals surface area contributed by atoms with Gasteiger partial charge in [0.2, 0.25) is 0 Å². The third kappa shape index (κ3) is 4.39. The number of halogens is 1. The van der Waals surface area contributed by atoms with E-state index in [1.54, 1.807) is 48.6 Å². The van der Waals surface area contributed by atoms with Crippen LogP contribution in [-0.4, -0.2) is 40.5 Å². The topological polar surface area (TPSA) is 69.0 Å². The maximum absolute atomic E-state index is 13.0. The Hall–Kier alpha value is -3.94. The highest BCUT2D eigenvalue weighted by Gasteiger charge is 2.22. The van der Waals surface area contributed by atoms with Gasteiger partial charge >= 0.3 is 0 Å². The first-order chi connectivity index (χ1) is 15.6. The van der Waals surface area contributed by atoms with Gasteiger partial charge in [0, 0.05) is 31.2 Å². The Morgan fingerprint density at radius 3 is 2.50 bits per heavy atom. The van der Waals surface area contributed by atoms with Crippen molar-refractivity contribution in [3.63, 3.8) is 0 Å². The molecule has 4 rings (SSSR count). The Bertz CT molecular complexity index is 1210. The molecule has 0 atom stereocenters. The SMILES string of the molecule is CCc1nc2c(OCCOc3ccc(F)cc3)cccn2c1N(C)C(=O)c1ccncc1. The van der Waals surface area contributed by atoms with Crippen LogP contribution in [0.4, 0.5) is 10.2 Å². The molecule has 7 nitrogen and oxygen atoms in total. The quantitative estimate of drug-likeness (QED) is 0.390. The van der Waals surface area contributed by atoms with Crippen molar-refractivity contribution >= 4 is 17.4 Å². The monoisotopic (exact) mass is 434 g/mol. The molecule has 0 N–H and O–H groups in total. The molecule has 4 aromatic rings. The van der Waals surface area contributed by atoms with Gasteiger partial charge in [-0.1, -0.05) is 6.92 Å². The maximum atomic E-state index is 13.0. The van der Waals surface area contributed by atoms with E-state index in [-0.39, 0.29) is 18.3 Å². The van der Waals surface area contributed by atoms with Crippen molar-refractivity contribution in [3.8, 4) is 11.5 Å². The van der Waals surface area contributed by atoms with Crippen LogP contribution < -0.4 is 14.4 Å². The number of aromatic nitrogens is 3. The van der Waals surface area contributed by atoms with Crippen LogP contribution in [0.5, 0.6) is 11.5 Å². The summed E-state index contributed by atoms with van der Waals surface area (Å²) in [4.78, 5) is 23.3. The molecule has 3 aromatic heterocycles. The number of pyridine rings is 2. The molecule has 0 saturated carbocycles. The van der Waals surface area contributed by atoms with Gasteiger partial charge in [-0.2, -0.15) is 0 Å². The van der Waals surface area contributed by atoms with E-state index < -0.39 is 0 Å². The lowest BCUT2D eigenvalue weighted by Gasteiger charge is -2.18. The zero-order valence-corrected chi connectivity index (χ0v) is 17.9. The van der Waals surface area contributed by atoms with Crippen molar-refractivity contribution in [2.45, 2.75) is 13.3 Å². The van der Waals surface area contributed by atoms with Gasteiger partial charge in [0.15, 0.2) is 11.4 Å². The van der Waals surface area contributed by atoms with E-state index in [0.717, 1.165) is 5.69 Å². The standard InChI is InChI=1S/C24H23FN4O3/c1-3-20-23(28(2)24(30)17-10-12-26-13-11-17)29-14-4-5-21(22(29)27-20)32-16-15-31-19-8-6-18(25)7-9-19/h4-14H,3,15-16H2,1-2H3. The Morgan fingerprint density at radius 2 is 1.78 bits per heavy atom. The highest BCUT2D eigenvalue weighted by Crippen LogP contribution is 2.28. The zero-order valence-electron chi connectivity index (χ0n) is 17.9. The van der Waals surface area contributed by atoms with E-state index in [2.05, 4.69) is 4.98 Å². The van der Waals surface area contributed by atoms with Gasteiger partial charge in [-0.25, -0.2) is 9.37 Å². The predicted molar refractivity (Wildman–Crippen MR) is 119 cm³/mol. The fraction of sp³-hybridized carbons (Fsp3) is 0.208. The van der Waals surface area contributed by atoms with E-state index in [4.69, 9.17) is 14.5 Å². The van der Waals surface area contributed by atoms with Crippen LogP contribution in [0.1, 0.15) is 23.0 Å². The normalized spacial score (nSPS) is 10.8. The average Bonchev–Trinajstić information content (AvgIpc) is 3.22. The van der Waals surface area contributed by atoms with Gasteiger partial charge in [-0.05, 0) is 55.0 Å². The van der Waals surface area contributed by atoms with Gasteiger partial charge in [0.05, 0.1) is 5.69 Å². The van der Waals surface area contributed by atoms with Crippen LogP contribution in [0, 0.1) is 5.82 Å². The molecule has 0 fully saturated rings. The summed E-state index contributed by atoms with van der Waals surface area (Å²) in [5, 5.41) is 0. The predicted octanol–water partition coefficient (Wildman–Crippen LogP) is 4.17. The van der Waals surface area contributed by atoms with Crippen LogP contribution in [0.15, 0.2) is 67.1 Å². The minimum absolute atomic E-state index is 0.150. The first kappa shape index (κ1) is 21.3. The molecular weight excluding hydrogens is 411 g/mol. The molecule has 0 aliphatic carbocycles. The second-order valence-electron chi connectivity index (χ2n) is 7.05. The minimum Gasteiger partial charge on any atom is -0.490 e. The van der Waals surface area contributed by atoms with Gasteiger partial charge in [0.25, 0.3) is 5.91 Å². The van der Waals surface area contributed by atoms with E-state index in [1.165, 1.54) is 12.1 Å². The highest BCUT2D eigenvalue weighted by molar-refractivity contribution is 6.05. The van der Waals surface area contributed by atoms with Crippen LogP contribution in [0.25, 0.3) is 5.65 Å². The molecule has 0 bridgehead atoms. The Labute approximate surface area is 185 Å². The Kier molecular flexibility index (Phi) is 6.30. The Balaban J connectivity index is 1.53. The third-order valence-electron chi connectivity index (χ3n) is 4.97. The smallest absolute Gasteiger partial charge is 0.259 e. The molecule has 0 unspecified atom stereocenters. The molecule has 0 saturated heterocycles. The molecule has 1 amide bonds. The number of carbonyl (C=O) groups excluding carboxylic acids is 1. The summed E-state index contributed by atoms with van der Waals surface area (Å²) < 4.78 is 26.3. The Morgan fingerprint density at radius 1 is 1.06 bits per heavy atom. The number of rotatable bonds is 8. The zero-order chi connectivity index (χ0) is 22.5. The van der Waals surface area contributed by atoms with Crippen LogP contribution in [0.3, 0.4) is 0 Å². The second kappa shape index (κ2) is 9.47. The van der Waals surface area contributed by atoms with E-state index in [1.807, 2.05) is 29.7 Å². The number of imidazole rings is 1. The van der Waals surface area contributed by atoms with Crippen LogP contribution in [0.2, 0.25) is 0 Å². The summed E-state index contributed by atoms with van der Waals surface area (Å²) >= 11 is 0. The molecule has 0 aliphatic rings. The van der Waals surface area contributed by atoms with Crippen LogP contribution >= 0.6 is 0 Å². The first-order valence-corrected chi connectivity index (χ1v) is 10.3. The van der Waals surface area contributed by atoms with Crippen LogP contribution in [-0.2, 0) is 6.42 Å². The van der Waals surface area contributed by atoms with E-state index in [9.17, 15) is 9.18 Å². The van der Waals surface area contributed by atoms with E-state index in [0.29, 0.717) is 41.6 Å². The lowest BCUT2D eigenvalue weighted by molar-refractivity contribution is 0.0992. The molecular formula is C24H23FN4O3. The first-order valence-electron chi connectivity index (χ1n) is 10.3. The van der Waals surface area contributed by atoms with Gasteiger partial charge in [-0.3, -0.25) is 19.1 Å². The van der Waals surface area contributed by atoms with Crippen molar-refractivity contribution in [2.75, 3.05) is 25.2 Å². The number of ether oxygens (including phenoxy) is 2. The number of hydrogen-bond acceptors (Lipinski definition) is 5. The number of amides is 1. The molecule has 164 valence electrons. The molecule has 8 heteroatoms. The lowest BCUT2D eigenvalue weighted by Crippen LogP contribution is -2.28. The molecule has 1 aromatic carbocycles. The number of aryl methyl sites for hydroxylation is 1. The van der Waals surface area contributed by atoms with Gasteiger partial charge < -0.3 is 9.47 Å². The number of nitrogens with zero attached hydrogens (tertiary/aromatic N) is 4. The fourth-order valence-corrected chi connectivity index (χ4v) is 3.41. The summed E-state index contributed by atoms with van der Waals surface area (Å²) in [6.45, 7) is 2.57. The van der Waals surface area contributed by atoms with Crippen molar-refractivity contribution in [1.29, 1.82) is 0 Å². The minimum atomic E-state index is -0.311. The van der Waals surface area contributed by atoms with E-state index >= 15 is 0 Å². The molecule has 0 spiro atoms. The number of benzene rings is 1. The van der Waals surface area contributed by atoms with Gasteiger partial charge in [-0.15, -0.1) is 0 Å². The summed E-state index contributed by atoms with van der Waals surface area (Å²) in [6, 6.07) is 12.9. The number of fused-ring (bicyclic) bond motifs is 1. The maximum Gasteiger partial charge on any atom is 0.259 e. The third-order valence-corrected chi connectivity index (χ3v) is 4.97. The highest BCUT2D eigenvalue weighted by atomic mass is 19.1. The fourth-order valence-electron chi connectivity index (χ4n) is 3.41. The number of anilines is 1. The van der Waals surface area contributed by atoms with Gasteiger partial charge in [0.1, 0.15) is 30.6 Å². The lowest BCUT2D eigenvalue weighted by atomic mass is 10.2. The summed E-state index contributed by atoms with van der Waals surface area (Å²) in [7, 11) is 1.73. The number of hydrogen-bond donors (Lipinski definition) is 0. The average molecular weight is 434 g/mol. The second-order valence-corrected chi connectivity index (χ2v) is 7.05. The largest absolute Gasteiger partial charge is 0.490 e. The summed E-state index contributed by atoms with van der Waals surface area (Å²) in [5.74, 6) is 1.39. The summed E-state index contributed by atoms with van der Waals surface area (Å²) in [5.41, 5.74) is 1.95. The molecule has 0 radical (unpaired) electrons. The van der Waals surface area contributed by atoms with Crippen molar-refractivity contribution in [1.82, 2.24) is 14.4 Å². The summed E-state index contributed by atoms with van der Waals surface area (Å²) in [6.07, 6.45) is 5.69. The van der Waals surface area contributed by atoms with Crippen molar-refractivity contribution in [2.24, 2.45) is 0 Å². The van der Waals surface area contributed by atoms with Crippen molar-refractivity contribution < 1.29 is 18.7 Å². The van der Waals surface area contributed by atoms with Crippen molar-refractivity contribution in [3.05, 3.63) is 84.2 Å². The molecule has 3 heterocycles. The molecule has 32 heavy (non-hydrogen) atoms.